The van der Waals surface area contributed by atoms with Crippen molar-refractivity contribution in [3.8, 4) is 5.75 Å². The van der Waals surface area contributed by atoms with E-state index in [4.69, 9.17) is 33.7 Å². The number of amides is 1. The monoisotopic (exact) mass is 435 g/mol. The summed E-state index contributed by atoms with van der Waals surface area (Å²) in [6.45, 7) is 1.87. The van der Waals surface area contributed by atoms with E-state index < -0.39 is 5.91 Å². The lowest BCUT2D eigenvalue weighted by molar-refractivity contribution is 0.102. The van der Waals surface area contributed by atoms with Gasteiger partial charge in [0.15, 0.2) is 17.2 Å². The van der Waals surface area contributed by atoms with E-state index in [0.29, 0.717) is 21.5 Å². The van der Waals surface area contributed by atoms with Gasteiger partial charge in [0.25, 0.3) is 5.91 Å². The predicted molar refractivity (Wildman–Crippen MR) is 111 cm³/mol. The third-order valence-corrected chi connectivity index (χ3v) is 5.21. The molecule has 1 fully saturated rings. The quantitative estimate of drug-likeness (QED) is 0.647. The van der Waals surface area contributed by atoms with Gasteiger partial charge in [0, 0.05) is 25.5 Å². The number of halogens is 2. The number of fused-ring (bicyclic) bond motifs is 1. The van der Waals surface area contributed by atoms with Gasteiger partial charge in [-0.1, -0.05) is 23.2 Å². The van der Waals surface area contributed by atoms with Crippen LogP contribution in [0.2, 0.25) is 10.0 Å². The van der Waals surface area contributed by atoms with Crippen LogP contribution >= 0.6 is 23.2 Å². The number of hydrogen-bond acceptors (Lipinski definition) is 7. The van der Waals surface area contributed by atoms with E-state index in [9.17, 15) is 4.79 Å². The van der Waals surface area contributed by atoms with Crippen LogP contribution in [0.5, 0.6) is 5.75 Å². The molecule has 1 saturated heterocycles. The fourth-order valence-corrected chi connectivity index (χ4v) is 3.58. The highest BCUT2D eigenvalue weighted by molar-refractivity contribution is 6.32. The molecule has 0 atom stereocenters. The maximum atomic E-state index is 12.9. The Labute approximate surface area is 176 Å². The van der Waals surface area contributed by atoms with Gasteiger partial charge < -0.3 is 20.7 Å². The predicted octanol–water partition coefficient (Wildman–Crippen LogP) is 2.74. The standard InChI is InChI=1S/C18H19Cl2N7O2/c1-26-4-2-11(3-5-26)29-15-12(20)7-22-8-13(15)24-18(28)14-16(21)25-27-9-10(19)6-23-17(14)27/h6-9,11H,2-5H2,1H3,(H2,21,25)(H,24,28). The summed E-state index contributed by atoms with van der Waals surface area (Å²) >= 11 is 12.2. The Bertz CT molecular complexity index is 1060. The van der Waals surface area contributed by atoms with E-state index >= 15 is 0 Å². The Morgan fingerprint density at radius 3 is 2.79 bits per heavy atom. The minimum absolute atomic E-state index is 0.00704. The molecular formula is C18H19Cl2N7O2. The smallest absolute Gasteiger partial charge is 0.263 e. The molecule has 1 aliphatic heterocycles. The Hall–Kier alpha value is -2.62. The molecule has 3 N–H and O–H groups in total. The molecule has 0 aliphatic carbocycles. The average molecular weight is 436 g/mol. The third kappa shape index (κ3) is 4.07. The minimum Gasteiger partial charge on any atom is -0.486 e. The van der Waals surface area contributed by atoms with Crippen LogP contribution in [0.4, 0.5) is 11.5 Å². The number of nitrogens with two attached hydrogens (primary N) is 1. The summed E-state index contributed by atoms with van der Waals surface area (Å²) in [7, 11) is 2.07. The highest BCUT2D eigenvalue weighted by Gasteiger charge is 2.24. The summed E-state index contributed by atoms with van der Waals surface area (Å²) in [6.07, 6.45) is 7.65. The fraction of sp³-hybridized carbons (Fsp3) is 0.333. The molecule has 0 spiro atoms. The van der Waals surface area contributed by atoms with E-state index in [-0.39, 0.29) is 23.1 Å². The van der Waals surface area contributed by atoms with Crippen molar-refractivity contribution in [3.05, 3.63) is 40.4 Å². The lowest BCUT2D eigenvalue weighted by atomic mass is 10.1. The lowest BCUT2D eigenvalue weighted by Crippen LogP contribution is -2.35. The van der Waals surface area contributed by atoms with E-state index in [1.807, 2.05) is 0 Å². The Balaban J connectivity index is 1.61. The summed E-state index contributed by atoms with van der Waals surface area (Å²) in [4.78, 5) is 23.4. The summed E-state index contributed by atoms with van der Waals surface area (Å²) in [5, 5.41) is 7.55. The number of rotatable bonds is 4. The zero-order chi connectivity index (χ0) is 20.5. The molecule has 4 rings (SSSR count). The molecule has 0 unspecified atom stereocenters. The first-order chi connectivity index (χ1) is 13.9. The summed E-state index contributed by atoms with van der Waals surface area (Å²) in [5.74, 6) is -0.0784. The van der Waals surface area contributed by atoms with Crippen molar-refractivity contribution in [2.45, 2.75) is 18.9 Å². The van der Waals surface area contributed by atoms with E-state index in [1.165, 1.54) is 29.3 Å². The SMILES string of the molecule is CN1CCC(Oc2c(Cl)cncc2NC(=O)c2c(N)nn3cc(Cl)cnc23)CC1. The van der Waals surface area contributed by atoms with Gasteiger partial charge in [-0.25, -0.2) is 9.50 Å². The normalized spacial score (nSPS) is 15.6. The first kappa shape index (κ1) is 19.7. The largest absolute Gasteiger partial charge is 0.486 e. The second-order valence-corrected chi connectivity index (χ2v) is 7.72. The van der Waals surface area contributed by atoms with Crippen molar-refractivity contribution in [1.82, 2.24) is 24.5 Å². The molecule has 0 saturated carbocycles. The number of ether oxygens (including phenoxy) is 1. The number of aromatic nitrogens is 4. The third-order valence-electron chi connectivity index (χ3n) is 4.75. The number of hydrogen-bond donors (Lipinski definition) is 2. The van der Waals surface area contributed by atoms with Gasteiger partial charge in [-0.2, -0.15) is 0 Å². The van der Waals surface area contributed by atoms with Crippen molar-refractivity contribution in [3.63, 3.8) is 0 Å². The second-order valence-electron chi connectivity index (χ2n) is 6.87. The maximum absolute atomic E-state index is 12.9. The first-order valence-electron chi connectivity index (χ1n) is 9.02. The van der Waals surface area contributed by atoms with Crippen molar-refractivity contribution in [2.24, 2.45) is 0 Å². The average Bonchev–Trinajstić information content (AvgIpc) is 3.01. The number of nitrogens with zero attached hydrogens (tertiary/aromatic N) is 5. The fourth-order valence-electron chi connectivity index (χ4n) is 3.23. The maximum Gasteiger partial charge on any atom is 0.263 e. The number of carbonyl (C=O) groups is 1. The number of pyridine rings is 1. The van der Waals surface area contributed by atoms with Crippen LogP contribution in [-0.4, -0.2) is 56.6 Å². The topological polar surface area (TPSA) is 111 Å². The van der Waals surface area contributed by atoms with Gasteiger partial charge in [-0.3, -0.25) is 9.78 Å². The molecule has 0 bridgehead atoms. The number of carbonyl (C=O) groups excluding carboxylic acids is 1. The first-order valence-corrected chi connectivity index (χ1v) is 9.77. The van der Waals surface area contributed by atoms with Crippen LogP contribution < -0.4 is 15.8 Å². The van der Waals surface area contributed by atoms with Gasteiger partial charge in [-0.05, 0) is 19.9 Å². The molecule has 29 heavy (non-hydrogen) atoms. The number of likely N-dealkylation sites (tertiary alicyclic amines) is 1. The zero-order valence-electron chi connectivity index (χ0n) is 15.6. The lowest BCUT2D eigenvalue weighted by Gasteiger charge is -2.30. The van der Waals surface area contributed by atoms with E-state index in [2.05, 4.69) is 32.3 Å². The highest BCUT2D eigenvalue weighted by Crippen LogP contribution is 2.34. The molecular weight excluding hydrogens is 417 g/mol. The Morgan fingerprint density at radius 2 is 2.03 bits per heavy atom. The van der Waals surface area contributed by atoms with Gasteiger partial charge in [-0.15, -0.1) is 5.10 Å². The van der Waals surface area contributed by atoms with Crippen LogP contribution in [0.3, 0.4) is 0 Å². The van der Waals surface area contributed by atoms with E-state index in [1.54, 1.807) is 0 Å². The molecule has 0 radical (unpaired) electrons. The minimum atomic E-state index is -0.496. The van der Waals surface area contributed by atoms with Crippen LogP contribution in [0.1, 0.15) is 23.2 Å². The molecule has 3 aromatic heterocycles. The van der Waals surface area contributed by atoms with Gasteiger partial charge in [0.05, 0.1) is 17.4 Å². The van der Waals surface area contributed by atoms with Crippen LogP contribution in [-0.2, 0) is 0 Å². The molecule has 3 aromatic rings. The van der Waals surface area contributed by atoms with Crippen molar-refractivity contribution in [1.29, 1.82) is 0 Å². The molecule has 4 heterocycles. The van der Waals surface area contributed by atoms with Crippen molar-refractivity contribution >= 4 is 46.3 Å². The van der Waals surface area contributed by atoms with Crippen LogP contribution in [0.15, 0.2) is 24.8 Å². The molecule has 0 aromatic carbocycles. The van der Waals surface area contributed by atoms with Crippen molar-refractivity contribution in [2.75, 3.05) is 31.2 Å². The van der Waals surface area contributed by atoms with Gasteiger partial charge >= 0.3 is 0 Å². The van der Waals surface area contributed by atoms with Crippen LogP contribution in [0, 0.1) is 0 Å². The number of nitrogens with one attached hydrogen (secondary N) is 1. The molecule has 152 valence electrons. The second kappa shape index (κ2) is 8.02. The Kier molecular flexibility index (Phi) is 5.44. The number of nitrogen functional groups attached to an aromatic ring is 1. The molecule has 9 nitrogen and oxygen atoms in total. The molecule has 11 heteroatoms. The number of anilines is 2. The molecule has 1 aliphatic rings. The van der Waals surface area contributed by atoms with Gasteiger partial charge in [0.2, 0.25) is 0 Å². The van der Waals surface area contributed by atoms with Crippen molar-refractivity contribution < 1.29 is 9.53 Å². The Morgan fingerprint density at radius 1 is 1.28 bits per heavy atom. The highest BCUT2D eigenvalue weighted by atomic mass is 35.5. The van der Waals surface area contributed by atoms with Crippen LogP contribution in [0.25, 0.3) is 5.65 Å². The van der Waals surface area contributed by atoms with Gasteiger partial charge in [0.1, 0.15) is 22.4 Å². The summed E-state index contributed by atoms with van der Waals surface area (Å²) in [6, 6.07) is 0. The zero-order valence-corrected chi connectivity index (χ0v) is 17.1. The molecule has 1 amide bonds. The summed E-state index contributed by atoms with van der Waals surface area (Å²) < 4.78 is 7.48. The summed E-state index contributed by atoms with van der Waals surface area (Å²) in [5.41, 5.74) is 6.71. The number of piperidine rings is 1. The van der Waals surface area contributed by atoms with E-state index in [0.717, 1.165) is 25.9 Å².